The van der Waals surface area contributed by atoms with Crippen molar-refractivity contribution in [2.24, 2.45) is 0 Å². The first-order valence-corrected chi connectivity index (χ1v) is 11.3. The number of methoxy groups -OCH3 is 1. The molecule has 1 amide bonds. The van der Waals surface area contributed by atoms with E-state index in [1.807, 2.05) is 24.3 Å². The lowest BCUT2D eigenvalue weighted by molar-refractivity contribution is 0.0507. The number of rotatable bonds is 8. The molecule has 162 valence electrons. The van der Waals surface area contributed by atoms with Crippen LogP contribution in [0.1, 0.15) is 28.8 Å². The van der Waals surface area contributed by atoms with Crippen LogP contribution >= 0.6 is 0 Å². The van der Waals surface area contributed by atoms with Crippen LogP contribution in [-0.2, 0) is 21.3 Å². The maximum atomic E-state index is 13.3. The van der Waals surface area contributed by atoms with Gasteiger partial charge in [-0.15, -0.1) is 0 Å². The van der Waals surface area contributed by atoms with Crippen molar-refractivity contribution in [2.75, 3.05) is 34.4 Å². The van der Waals surface area contributed by atoms with Gasteiger partial charge in [-0.3, -0.25) is 4.79 Å². The molecule has 3 rings (SSSR count). The van der Waals surface area contributed by atoms with Gasteiger partial charge in [-0.1, -0.05) is 12.1 Å². The van der Waals surface area contributed by atoms with Crippen molar-refractivity contribution < 1.29 is 22.7 Å². The second kappa shape index (κ2) is 9.59. The maximum Gasteiger partial charge on any atom is 0.254 e. The Morgan fingerprint density at radius 1 is 1.17 bits per heavy atom. The number of nitrogens with zero attached hydrogens (tertiary/aromatic N) is 2. The highest BCUT2D eigenvalue weighted by molar-refractivity contribution is 7.89. The predicted octanol–water partition coefficient (Wildman–Crippen LogP) is 2.77. The standard InChI is InChI=1S/C22H28N2O5S/c1-23(2)30(26,27)21-11-9-18(10-12-21)22(25)24(16-20-8-5-13-29-20)15-17-6-4-7-19(14-17)28-3/h4,6-7,9-12,14,20H,5,8,13,15-16H2,1-3H3/t20-/m1/s1. The number of sulfonamides is 1. The van der Waals surface area contributed by atoms with Crippen molar-refractivity contribution in [1.29, 1.82) is 0 Å². The zero-order valence-corrected chi connectivity index (χ0v) is 18.4. The molecule has 30 heavy (non-hydrogen) atoms. The highest BCUT2D eigenvalue weighted by Crippen LogP contribution is 2.21. The minimum absolute atomic E-state index is 0.00736. The summed E-state index contributed by atoms with van der Waals surface area (Å²) >= 11 is 0. The number of carbonyl (C=O) groups is 1. The Bertz CT molecular complexity index is 967. The molecular formula is C22H28N2O5S. The maximum absolute atomic E-state index is 13.3. The molecule has 1 saturated heterocycles. The first-order valence-electron chi connectivity index (χ1n) is 9.87. The summed E-state index contributed by atoms with van der Waals surface area (Å²) in [4.78, 5) is 15.2. The Labute approximate surface area is 178 Å². The van der Waals surface area contributed by atoms with Gasteiger partial charge in [0.15, 0.2) is 0 Å². The molecule has 1 fully saturated rings. The van der Waals surface area contributed by atoms with Gasteiger partial charge in [-0.25, -0.2) is 12.7 Å². The molecule has 0 aromatic heterocycles. The molecule has 0 bridgehead atoms. The molecular weight excluding hydrogens is 404 g/mol. The minimum atomic E-state index is -3.54. The van der Waals surface area contributed by atoms with Crippen molar-refractivity contribution in [2.45, 2.75) is 30.4 Å². The number of hydrogen-bond acceptors (Lipinski definition) is 5. The van der Waals surface area contributed by atoms with E-state index < -0.39 is 10.0 Å². The van der Waals surface area contributed by atoms with Gasteiger partial charge in [0.05, 0.1) is 18.1 Å². The molecule has 1 aliphatic rings. The average Bonchev–Trinajstić information content (AvgIpc) is 3.26. The fraction of sp³-hybridized carbons (Fsp3) is 0.409. The Hall–Kier alpha value is -2.42. The molecule has 7 nitrogen and oxygen atoms in total. The third-order valence-corrected chi connectivity index (χ3v) is 6.95. The molecule has 0 aliphatic carbocycles. The summed E-state index contributed by atoms with van der Waals surface area (Å²) in [7, 11) is 1.02. The number of ether oxygens (including phenoxy) is 2. The topological polar surface area (TPSA) is 76.1 Å². The van der Waals surface area contributed by atoms with E-state index in [1.54, 1.807) is 24.1 Å². The zero-order valence-electron chi connectivity index (χ0n) is 17.6. The molecule has 1 atom stereocenters. The van der Waals surface area contributed by atoms with Crippen LogP contribution in [0.4, 0.5) is 0 Å². The summed E-state index contributed by atoms with van der Waals surface area (Å²) in [6.07, 6.45) is 1.91. The molecule has 2 aromatic rings. The van der Waals surface area contributed by atoms with Crippen molar-refractivity contribution in [3.8, 4) is 5.75 Å². The van der Waals surface area contributed by atoms with Gasteiger partial charge in [-0.05, 0) is 54.8 Å². The van der Waals surface area contributed by atoms with Gasteiger partial charge in [0.25, 0.3) is 5.91 Å². The van der Waals surface area contributed by atoms with Gasteiger partial charge < -0.3 is 14.4 Å². The summed E-state index contributed by atoms with van der Waals surface area (Å²) in [6.45, 7) is 1.60. The zero-order chi connectivity index (χ0) is 21.7. The van der Waals surface area contributed by atoms with Crippen LogP contribution in [-0.4, -0.2) is 64.0 Å². The van der Waals surface area contributed by atoms with E-state index in [0.29, 0.717) is 25.3 Å². The second-order valence-electron chi connectivity index (χ2n) is 7.48. The normalized spacial score (nSPS) is 16.6. The molecule has 0 radical (unpaired) electrons. The van der Waals surface area contributed by atoms with Crippen LogP contribution in [0.3, 0.4) is 0 Å². The van der Waals surface area contributed by atoms with Crippen molar-refractivity contribution >= 4 is 15.9 Å². The van der Waals surface area contributed by atoms with Gasteiger partial charge in [0.2, 0.25) is 10.0 Å². The van der Waals surface area contributed by atoms with E-state index in [-0.39, 0.29) is 16.9 Å². The third kappa shape index (κ3) is 5.19. The van der Waals surface area contributed by atoms with Gasteiger partial charge >= 0.3 is 0 Å². The van der Waals surface area contributed by atoms with Crippen LogP contribution in [0.2, 0.25) is 0 Å². The van der Waals surface area contributed by atoms with E-state index in [2.05, 4.69) is 0 Å². The Morgan fingerprint density at radius 3 is 2.50 bits per heavy atom. The molecule has 1 heterocycles. The van der Waals surface area contributed by atoms with E-state index in [9.17, 15) is 13.2 Å². The highest BCUT2D eigenvalue weighted by Gasteiger charge is 2.25. The Kier molecular flexibility index (Phi) is 7.12. The summed E-state index contributed by atoms with van der Waals surface area (Å²) in [6, 6.07) is 13.7. The van der Waals surface area contributed by atoms with E-state index >= 15 is 0 Å². The lowest BCUT2D eigenvalue weighted by atomic mass is 10.1. The fourth-order valence-corrected chi connectivity index (χ4v) is 4.31. The number of hydrogen-bond donors (Lipinski definition) is 0. The predicted molar refractivity (Wildman–Crippen MR) is 114 cm³/mol. The minimum Gasteiger partial charge on any atom is -0.497 e. The fourth-order valence-electron chi connectivity index (χ4n) is 3.41. The van der Waals surface area contributed by atoms with Crippen molar-refractivity contribution in [1.82, 2.24) is 9.21 Å². The van der Waals surface area contributed by atoms with Crippen LogP contribution < -0.4 is 4.74 Å². The molecule has 0 spiro atoms. The highest BCUT2D eigenvalue weighted by atomic mass is 32.2. The molecule has 0 N–H and O–H groups in total. The molecule has 1 aliphatic heterocycles. The quantitative estimate of drug-likeness (QED) is 0.641. The average molecular weight is 433 g/mol. The first-order chi connectivity index (χ1) is 14.3. The van der Waals surface area contributed by atoms with Crippen LogP contribution in [0.15, 0.2) is 53.4 Å². The third-order valence-electron chi connectivity index (χ3n) is 5.12. The lowest BCUT2D eigenvalue weighted by Gasteiger charge is -2.26. The smallest absolute Gasteiger partial charge is 0.254 e. The van der Waals surface area contributed by atoms with Crippen molar-refractivity contribution in [3.63, 3.8) is 0 Å². The van der Waals surface area contributed by atoms with Gasteiger partial charge in [-0.2, -0.15) is 0 Å². The van der Waals surface area contributed by atoms with Crippen LogP contribution in [0, 0.1) is 0 Å². The first kappa shape index (κ1) is 22.3. The molecule has 0 unspecified atom stereocenters. The Balaban J connectivity index is 1.83. The monoisotopic (exact) mass is 432 g/mol. The van der Waals surface area contributed by atoms with Crippen LogP contribution in [0.25, 0.3) is 0 Å². The van der Waals surface area contributed by atoms with Crippen LogP contribution in [0.5, 0.6) is 5.75 Å². The number of amides is 1. The summed E-state index contributed by atoms with van der Waals surface area (Å²) in [5, 5.41) is 0. The molecule has 8 heteroatoms. The largest absolute Gasteiger partial charge is 0.497 e. The molecule has 0 saturated carbocycles. The summed E-state index contributed by atoms with van der Waals surface area (Å²) < 4.78 is 36.7. The number of benzene rings is 2. The summed E-state index contributed by atoms with van der Waals surface area (Å²) in [5.41, 5.74) is 1.39. The second-order valence-corrected chi connectivity index (χ2v) is 9.64. The summed E-state index contributed by atoms with van der Waals surface area (Å²) in [5.74, 6) is 0.567. The van der Waals surface area contributed by atoms with E-state index in [1.165, 1.54) is 26.2 Å². The van der Waals surface area contributed by atoms with E-state index in [0.717, 1.165) is 28.5 Å². The molecule has 2 aromatic carbocycles. The van der Waals surface area contributed by atoms with Gasteiger partial charge in [0, 0.05) is 39.4 Å². The Morgan fingerprint density at radius 2 is 1.90 bits per heavy atom. The number of carbonyl (C=O) groups excluding carboxylic acids is 1. The SMILES string of the molecule is COc1cccc(CN(C[C@H]2CCCO2)C(=O)c2ccc(S(=O)(=O)N(C)C)cc2)c1. The van der Waals surface area contributed by atoms with Gasteiger partial charge in [0.1, 0.15) is 5.75 Å². The van der Waals surface area contributed by atoms with E-state index in [4.69, 9.17) is 9.47 Å². The lowest BCUT2D eigenvalue weighted by Crippen LogP contribution is -2.37. The van der Waals surface area contributed by atoms with Crippen molar-refractivity contribution in [3.05, 3.63) is 59.7 Å².